The molecule has 0 unspecified atom stereocenters. The number of hydrogen-bond acceptors (Lipinski definition) is 8. The van der Waals surface area contributed by atoms with Crippen molar-refractivity contribution in [2.75, 3.05) is 5.32 Å². The van der Waals surface area contributed by atoms with Crippen molar-refractivity contribution >= 4 is 33.5 Å². The number of amides is 1. The second-order valence-electron chi connectivity index (χ2n) is 5.34. The molecule has 0 bridgehead atoms. The topological polar surface area (TPSA) is 107 Å². The van der Waals surface area contributed by atoms with Crippen LogP contribution in [0.15, 0.2) is 33.4 Å². The molecule has 0 atom stereocenters. The van der Waals surface area contributed by atoms with Crippen LogP contribution in [0.3, 0.4) is 0 Å². The molecule has 138 valence electrons. The molecule has 0 fully saturated rings. The van der Waals surface area contributed by atoms with E-state index in [-0.39, 0.29) is 27.7 Å². The van der Waals surface area contributed by atoms with Gasteiger partial charge in [0.15, 0.2) is 5.76 Å². The highest BCUT2D eigenvalue weighted by atomic mass is 32.1. The Morgan fingerprint density at radius 3 is 2.78 bits per heavy atom. The van der Waals surface area contributed by atoms with Crippen LogP contribution < -0.4 is 5.32 Å². The molecule has 0 saturated heterocycles. The number of pyridine rings is 1. The first-order chi connectivity index (χ1) is 12.8. The van der Waals surface area contributed by atoms with Gasteiger partial charge >= 0.3 is 6.18 Å². The number of halogens is 3. The Balaban J connectivity index is 1.74. The number of rotatable bonds is 3. The van der Waals surface area contributed by atoms with E-state index in [2.05, 4.69) is 25.7 Å². The lowest BCUT2D eigenvalue weighted by Gasteiger charge is -2.05. The molecule has 0 aliphatic carbocycles. The Kier molecular flexibility index (Phi) is 3.91. The fourth-order valence-corrected chi connectivity index (χ4v) is 2.98. The third-order valence-corrected chi connectivity index (χ3v) is 4.41. The summed E-state index contributed by atoms with van der Waals surface area (Å²) in [5, 5.41) is 11.4. The molecule has 12 heteroatoms. The molecular weight excluding hydrogens is 387 g/mol. The fraction of sp³-hybridized carbons (Fsp3) is 0.133. The molecule has 4 aromatic heterocycles. The first kappa shape index (κ1) is 17.1. The number of hydrogen-bond donors (Lipinski definition) is 1. The molecule has 0 spiro atoms. The number of carbonyl (C=O) groups is 1. The number of nitrogens with zero attached hydrogens (tertiary/aromatic N) is 4. The molecule has 4 heterocycles. The molecule has 0 aliphatic rings. The quantitative estimate of drug-likeness (QED) is 0.560. The summed E-state index contributed by atoms with van der Waals surface area (Å²) < 4.78 is 48.3. The van der Waals surface area contributed by atoms with Crippen molar-refractivity contribution in [1.82, 2.24) is 20.3 Å². The van der Waals surface area contributed by atoms with Gasteiger partial charge < -0.3 is 8.94 Å². The zero-order valence-corrected chi connectivity index (χ0v) is 14.2. The summed E-state index contributed by atoms with van der Waals surface area (Å²) in [7, 11) is 0. The Bertz CT molecular complexity index is 1130. The molecule has 1 amide bonds. The second kappa shape index (κ2) is 6.16. The molecule has 0 aromatic carbocycles. The lowest BCUT2D eigenvalue weighted by Crippen LogP contribution is -2.13. The van der Waals surface area contributed by atoms with Crippen LogP contribution in [0.1, 0.15) is 21.1 Å². The van der Waals surface area contributed by atoms with Crippen molar-refractivity contribution in [3.8, 4) is 11.5 Å². The number of carbonyl (C=O) groups excluding carboxylic acids is 1. The lowest BCUT2D eigenvalue weighted by molar-refractivity contribution is -0.138. The van der Waals surface area contributed by atoms with Gasteiger partial charge in [-0.3, -0.25) is 10.1 Å². The van der Waals surface area contributed by atoms with Crippen molar-refractivity contribution in [2.24, 2.45) is 0 Å². The average Bonchev–Trinajstić information content (AvgIpc) is 3.34. The molecule has 0 aliphatic heterocycles. The highest BCUT2D eigenvalue weighted by Crippen LogP contribution is 2.33. The zero-order chi connectivity index (χ0) is 19.2. The van der Waals surface area contributed by atoms with Crippen LogP contribution in [0.2, 0.25) is 0 Å². The summed E-state index contributed by atoms with van der Waals surface area (Å²) in [5.41, 5.74) is 0.914. The maximum absolute atomic E-state index is 12.7. The maximum atomic E-state index is 12.7. The summed E-state index contributed by atoms with van der Waals surface area (Å²) in [5.74, 6) is -0.318. The lowest BCUT2D eigenvalue weighted by atomic mass is 10.1. The minimum absolute atomic E-state index is 0.0970. The van der Waals surface area contributed by atoms with Gasteiger partial charge in [-0.15, -0.1) is 10.2 Å². The number of alkyl halides is 3. The Labute approximate surface area is 152 Å². The van der Waals surface area contributed by atoms with Crippen LogP contribution in [0.4, 0.5) is 18.3 Å². The van der Waals surface area contributed by atoms with E-state index in [9.17, 15) is 18.0 Å². The predicted molar refractivity (Wildman–Crippen MR) is 87.1 cm³/mol. The Morgan fingerprint density at radius 2 is 2.11 bits per heavy atom. The van der Waals surface area contributed by atoms with E-state index in [1.54, 1.807) is 19.1 Å². The minimum Gasteiger partial charge on any atom is -0.463 e. The Hall–Kier alpha value is -3.28. The molecule has 4 rings (SSSR count). The summed E-state index contributed by atoms with van der Waals surface area (Å²) in [4.78, 5) is 16.9. The molecule has 0 saturated carbocycles. The van der Waals surface area contributed by atoms with Gasteiger partial charge in [-0.05, 0) is 25.1 Å². The van der Waals surface area contributed by atoms with Gasteiger partial charge in [-0.25, -0.2) is 4.98 Å². The maximum Gasteiger partial charge on any atom is 0.445 e. The predicted octanol–water partition coefficient (Wildman–Crippen LogP) is 3.91. The van der Waals surface area contributed by atoms with Gasteiger partial charge in [0.2, 0.25) is 10.1 Å². The molecular formula is C15H8F3N5O3S. The largest absolute Gasteiger partial charge is 0.463 e. The van der Waals surface area contributed by atoms with E-state index in [0.29, 0.717) is 22.5 Å². The molecule has 4 aromatic rings. The first-order valence-electron chi connectivity index (χ1n) is 7.36. The van der Waals surface area contributed by atoms with Crippen LogP contribution in [-0.4, -0.2) is 26.2 Å². The minimum atomic E-state index is -4.64. The fourth-order valence-electron chi connectivity index (χ4n) is 2.38. The van der Waals surface area contributed by atoms with Crippen LogP contribution in [-0.2, 0) is 6.18 Å². The van der Waals surface area contributed by atoms with Crippen LogP contribution in [0.5, 0.6) is 0 Å². The van der Waals surface area contributed by atoms with Crippen molar-refractivity contribution < 1.29 is 26.9 Å². The van der Waals surface area contributed by atoms with Gasteiger partial charge in [0.1, 0.15) is 5.69 Å². The van der Waals surface area contributed by atoms with Crippen LogP contribution >= 0.6 is 11.3 Å². The van der Waals surface area contributed by atoms with Crippen molar-refractivity contribution in [2.45, 2.75) is 13.1 Å². The molecule has 8 nitrogen and oxygen atoms in total. The SMILES string of the molecule is Cc1noc2nc(-c3ccco3)cc(C(=O)Nc3nnc(C(F)(F)F)s3)c12. The van der Waals surface area contributed by atoms with Crippen LogP contribution in [0.25, 0.3) is 22.6 Å². The van der Waals surface area contributed by atoms with E-state index in [0.717, 1.165) is 0 Å². The van der Waals surface area contributed by atoms with E-state index in [1.807, 2.05) is 0 Å². The van der Waals surface area contributed by atoms with E-state index < -0.39 is 17.1 Å². The highest BCUT2D eigenvalue weighted by molar-refractivity contribution is 7.15. The highest BCUT2D eigenvalue weighted by Gasteiger charge is 2.36. The molecule has 0 radical (unpaired) electrons. The van der Waals surface area contributed by atoms with E-state index in [4.69, 9.17) is 8.94 Å². The summed E-state index contributed by atoms with van der Waals surface area (Å²) in [6.07, 6.45) is -3.20. The van der Waals surface area contributed by atoms with Crippen LogP contribution in [0, 0.1) is 6.92 Å². The van der Waals surface area contributed by atoms with Gasteiger partial charge in [-0.2, -0.15) is 13.2 Å². The number of anilines is 1. The van der Waals surface area contributed by atoms with E-state index >= 15 is 0 Å². The van der Waals surface area contributed by atoms with Crippen molar-refractivity contribution in [1.29, 1.82) is 0 Å². The first-order valence-corrected chi connectivity index (χ1v) is 8.17. The third kappa shape index (κ3) is 3.14. The number of furan rings is 1. The van der Waals surface area contributed by atoms with Crippen molar-refractivity contribution in [3.63, 3.8) is 0 Å². The van der Waals surface area contributed by atoms with Gasteiger partial charge in [-0.1, -0.05) is 16.5 Å². The number of fused-ring (bicyclic) bond motifs is 1. The van der Waals surface area contributed by atoms with Crippen molar-refractivity contribution in [3.05, 3.63) is 40.7 Å². The number of nitrogens with one attached hydrogen (secondary N) is 1. The smallest absolute Gasteiger partial charge is 0.445 e. The Morgan fingerprint density at radius 1 is 1.30 bits per heavy atom. The molecule has 1 N–H and O–H groups in total. The monoisotopic (exact) mass is 395 g/mol. The van der Waals surface area contributed by atoms with E-state index in [1.165, 1.54) is 12.3 Å². The standard InChI is InChI=1S/C15H8F3N5O3S/c1-6-10-7(11(24)20-14-22-21-13(27-14)15(16,17)18)5-8(9-3-2-4-25-9)19-12(10)26-23-6/h2-5H,1H3,(H,20,22,24). The summed E-state index contributed by atoms with van der Waals surface area (Å²) >= 11 is 0.224. The average molecular weight is 395 g/mol. The third-order valence-electron chi connectivity index (χ3n) is 3.52. The van der Waals surface area contributed by atoms with Gasteiger partial charge in [0, 0.05) is 0 Å². The van der Waals surface area contributed by atoms with Gasteiger partial charge in [0.05, 0.1) is 22.9 Å². The zero-order valence-electron chi connectivity index (χ0n) is 13.4. The van der Waals surface area contributed by atoms with Gasteiger partial charge in [0.25, 0.3) is 11.6 Å². The summed E-state index contributed by atoms with van der Waals surface area (Å²) in [6, 6.07) is 4.72. The molecule has 27 heavy (non-hydrogen) atoms. The number of aryl methyl sites for hydroxylation is 1. The number of aromatic nitrogens is 4. The summed E-state index contributed by atoms with van der Waals surface area (Å²) in [6.45, 7) is 1.61. The normalized spacial score (nSPS) is 11.9. The second-order valence-corrected chi connectivity index (χ2v) is 6.32.